The minimum Gasteiger partial charge on any atom is -0.383 e. The van der Waals surface area contributed by atoms with Gasteiger partial charge < -0.3 is 24.8 Å². The number of likely N-dealkylation sites (N-methyl/N-ethyl adjacent to an activating group) is 1. The second-order valence-corrected chi connectivity index (χ2v) is 6.10. The van der Waals surface area contributed by atoms with Crippen molar-refractivity contribution in [3.05, 3.63) is 21.9 Å². The normalized spacial score (nSPS) is 11.5. The fourth-order valence-electron chi connectivity index (χ4n) is 2.07. The van der Waals surface area contributed by atoms with E-state index in [2.05, 4.69) is 27.6 Å². The predicted octanol–water partition coefficient (Wildman–Crippen LogP) is 2.58. The molecule has 1 aromatic rings. The number of hydrogen-bond donors (Lipinski definition) is 2. The van der Waals surface area contributed by atoms with Gasteiger partial charge >= 0.3 is 0 Å². The predicted molar refractivity (Wildman–Crippen MR) is 113 cm³/mol. The van der Waals surface area contributed by atoms with E-state index < -0.39 is 0 Å². The molecule has 0 saturated carbocycles. The Morgan fingerprint density at radius 1 is 1.33 bits per heavy atom. The Morgan fingerprint density at radius 3 is 2.58 bits per heavy atom. The zero-order chi connectivity index (χ0) is 17.2. The highest BCUT2D eigenvalue weighted by Gasteiger charge is 2.09. The maximum atomic E-state index is 6.06. The second-order valence-electron chi connectivity index (χ2n) is 5.34. The molecule has 0 aliphatic rings. The lowest BCUT2D eigenvalue weighted by atomic mass is 10.4. The third kappa shape index (κ3) is 8.24. The molecular formula is C15H28Cl2IN5O. The molecule has 0 aromatic carbocycles. The Kier molecular flexibility index (Phi) is 12.9. The molecule has 6 nitrogen and oxygen atoms in total. The smallest absolute Gasteiger partial charge is 0.191 e. The Bertz CT molecular complexity index is 510. The van der Waals surface area contributed by atoms with E-state index in [-0.39, 0.29) is 24.0 Å². The summed E-state index contributed by atoms with van der Waals surface area (Å²) in [7, 11) is 7.45. The number of nitrogens with one attached hydrogen (secondary N) is 2. The molecule has 0 fully saturated rings. The van der Waals surface area contributed by atoms with Crippen molar-refractivity contribution >= 4 is 53.1 Å². The minimum absolute atomic E-state index is 0. The van der Waals surface area contributed by atoms with Gasteiger partial charge in [0.1, 0.15) is 5.15 Å². The van der Waals surface area contributed by atoms with Gasteiger partial charge in [-0.05, 0) is 26.1 Å². The third-order valence-electron chi connectivity index (χ3n) is 3.56. The minimum atomic E-state index is 0. The van der Waals surface area contributed by atoms with Crippen LogP contribution in [0.15, 0.2) is 11.1 Å². The summed E-state index contributed by atoms with van der Waals surface area (Å²) in [5.41, 5.74) is 1.00. The lowest BCUT2D eigenvalue weighted by molar-refractivity contribution is 0.161. The number of halogens is 3. The average molecular weight is 492 g/mol. The highest BCUT2D eigenvalue weighted by molar-refractivity contribution is 14.0. The van der Waals surface area contributed by atoms with Crippen LogP contribution in [0.5, 0.6) is 0 Å². The van der Waals surface area contributed by atoms with E-state index in [0.717, 1.165) is 44.3 Å². The van der Waals surface area contributed by atoms with Crippen LogP contribution in [-0.2, 0) is 18.3 Å². The molecule has 24 heavy (non-hydrogen) atoms. The lowest BCUT2D eigenvalue weighted by Gasteiger charge is -2.17. The van der Waals surface area contributed by atoms with Crippen LogP contribution in [0.1, 0.15) is 12.1 Å². The molecule has 0 aliphatic heterocycles. The summed E-state index contributed by atoms with van der Waals surface area (Å²) in [5.74, 6) is 0.762. The molecule has 9 heteroatoms. The molecule has 1 aromatic heterocycles. The Balaban J connectivity index is 0.00000529. The maximum Gasteiger partial charge on any atom is 0.191 e. The van der Waals surface area contributed by atoms with Crippen molar-refractivity contribution in [1.82, 2.24) is 20.1 Å². The van der Waals surface area contributed by atoms with E-state index in [1.165, 1.54) is 0 Å². The first kappa shape index (κ1) is 23.8. The second kappa shape index (κ2) is 13.0. The average Bonchev–Trinajstić information content (AvgIpc) is 2.79. The van der Waals surface area contributed by atoms with Gasteiger partial charge in [0.15, 0.2) is 5.96 Å². The Morgan fingerprint density at radius 2 is 2.04 bits per heavy atom. The first-order valence-electron chi connectivity index (χ1n) is 7.61. The molecule has 1 heterocycles. The monoisotopic (exact) mass is 491 g/mol. The van der Waals surface area contributed by atoms with Crippen LogP contribution in [0.2, 0.25) is 10.2 Å². The summed E-state index contributed by atoms with van der Waals surface area (Å²) in [6.45, 7) is 4.17. The quantitative estimate of drug-likeness (QED) is 0.241. The van der Waals surface area contributed by atoms with Crippen LogP contribution in [-0.4, -0.2) is 62.9 Å². The number of rotatable bonds is 9. The molecule has 0 bridgehead atoms. The van der Waals surface area contributed by atoms with Gasteiger partial charge in [-0.3, -0.25) is 4.99 Å². The standard InChI is InChI=1S/C15H27Cl2N5O.HI/c1-18-15(19-6-5-7-21(2)8-9-23-4)20-11-12-10-13(16)14(17)22(12)3;/h10H,5-9,11H2,1-4H3,(H2,18,19,20);1H. The SMILES string of the molecule is CN=C(NCCCN(C)CCOC)NCc1cc(Cl)c(Cl)n1C.I. The Hall–Kier alpha value is -0.220. The van der Waals surface area contributed by atoms with Crippen LogP contribution >= 0.6 is 47.2 Å². The topological polar surface area (TPSA) is 53.8 Å². The lowest BCUT2D eigenvalue weighted by Crippen LogP contribution is -2.38. The van der Waals surface area contributed by atoms with Crippen molar-refractivity contribution in [2.45, 2.75) is 13.0 Å². The van der Waals surface area contributed by atoms with Crippen LogP contribution in [0.25, 0.3) is 0 Å². The molecule has 2 N–H and O–H groups in total. The van der Waals surface area contributed by atoms with Crippen LogP contribution in [0, 0.1) is 0 Å². The summed E-state index contributed by atoms with van der Waals surface area (Å²) in [5, 5.41) is 7.66. The summed E-state index contributed by atoms with van der Waals surface area (Å²) in [6, 6.07) is 1.86. The van der Waals surface area contributed by atoms with Crippen molar-refractivity contribution in [2.24, 2.45) is 12.0 Å². The molecule has 0 saturated heterocycles. The number of guanidine groups is 1. The number of aliphatic imine (C=N–C) groups is 1. The van der Waals surface area contributed by atoms with E-state index in [1.54, 1.807) is 14.2 Å². The summed E-state index contributed by atoms with van der Waals surface area (Å²) >= 11 is 12.1. The first-order chi connectivity index (χ1) is 11.0. The molecule has 0 atom stereocenters. The van der Waals surface area contributed by atoms with Crippen LogP contribution in [0.4, 0.5) is 0 Å². The fraction of sp³-hybridized carbons (Fsp3) is 0.667. The van der Waals surface area contributed by atoms with Crippen molar-refractivity contribution in [2.75, 3.05) is 47.4 Å². The van der Waals surface area contributed by atoms with Crippen LogP contribution in [0.3, 0.4) is 0 Å². The Labute approximate surface area is 171 Å². The van der Waals surface area contributed by atoms with Crippen LogP contribution < -0.4 is 10.6 Å². The van der Waals surface area contributed by atoms with Gasteiger partial charge in [-0.25, -0.2) is 0 Å². The fourth-order valence-corrected chi connectivity index (χ4v) is 2.48. The molecule has 0 spiro atoms. The van der Waals surface area contributed by atoms with Gasteiger partial charge in [0.05, 0.1) is 18.2 Å². The summed E-state index contributed by atoms with van der Waals surface area (Å²) in [4.78, 5) is 6.46. The summed E-state index contributed by atoms with van der Waals surface area (Å²) < 4.78 is 6.92. The molecule has 0 aliphatic carbocycles. The van der Waals surface area contributed by atoms with E-state index in [1.807, 2.05) is 17.7 Å². The maximum absolute atomic E-state index is 6.06. The zero-order valence-corrected chi connectivity index (χ0v) is 18.6. The van der Waals surface area contributed by atoms with Crippen molar-refractivity contribution in [3.8, 4) is 0 Å². The summed E-state index contributed by atoms with van der Waals surface area (Å²) in [6.07, 6.45) is 1.03. The van der Waals surface area contributed by atoms with E-state index >= 15 is 0 Å². The van der Waals surface area contributed by atoms with Gasteiger partial charge in [0, 0.05) is 40.0 Å². The van der Waals surface area contributed by atoms with Crippen molar-refractivity contribution in [3.63, 3.8) is 0 Å². The number of hydrogen-bond acceptors (Lipinski definition) is 3. The van der Waals surface area contributed by atoms with Gasteiger partial charge in [0.2, 0.25) is 0 Å². The highest BCUT2D eigenvalue weighted by atomic mass is 127. The number of nitrogens with zero attached hydrogens (tertiary/aromatic N) is 3. The number of ether oxygens (including phenoxy) is 1. The van der Waals surface area contributed by atoms with Gasteiger partial charge in [-0.15, -0.1) is 24.0 Å². The molecule has 0 radical (unpaired) electrons. The number of methoxy groups -OCH3 is 1. The van der Waals surface area contributed by atoms with Gasteiger partial charge in [-0.1, -0.05) is 23.2 Å². The van der Waals surface area contributed by atoms with Crippen molar-refractivity contribution < 1.29 is 4.74 Å². The van der Waals surface area contributed by atoms with Gasteiger partial charge in [-0.2, -0.15) is 0 Å². The molecule has 0 unspecified atom stereocenters. The number of aromatic nitrogens is 1. The van der Waals surface area contributed by atoms with E-state index in [9.17, 15) is 0 Å². The van der Waals surface area contributed by atoms with E-state index in [0.29, 0.717) is 16.7 Å². The highest BCUT2D eigenvalue weighted by Crippen LogP contribution is 2.24. The van der Waals surface area contributed by atoms with E-state index in [4.69, 9.17) is 27.9 Å². The molecular weight excluding hydrogens is 464 g/mol. The van der Waals surface area contributed by atoms with Gasteiger partial charge in [0.25, 0.3) is 0 Å². The third-order valence-corrected chi connectivity index (χ3v) is 4.40. The van der Waals surface area contributed by atoms with Crippen molar-refractivity contribution in [1.29, 1.82) is 0 Å². The molecule has 1 rings (SSSR count). The first-order valence-corrected chi connectivity index (χ1v) is 8.36. The zero-order valence-electron chi connectivity index (χ0n) is 14.7. The largest absolute Gasteiger partial charge is 0.383 e. The molecule has 140 valence electrons. The molecule has 0 amide bonds.